The Morgan fingerprint density at radius 2 is 1.93 bits per heavy atom. The quantitative estimate of drug-likeness (QED) is 0.105. The molecule has 224 valence electrons. The van der Waals surface area contributed by atoms with Gasteiger partial charge in [0.25, 0.3) is 0 Å². The molecule has 0 radical (unpaired) electrons. The average molecular weight is 689 g/mol. The normalized spacial score (nSPS) is 21.6. The topological polar surface area (TPSA) is 148 Å². The van der Waals surface area contributed by atoms with E-state index in [0.717, 1.165) is 34.5 Å². The summed E-state index contributed by atoms with van der Waals surface area (Å²) in [5, 5.41) is 51.2. The highest BCUT2D eigenvalue weighted by atomic mass is 127. The Morgan fingerprint density at radius 3 is 2.57 bits per heavy atom. The molecule has 5 N–H and O–H groups in total. The second kappa shape index (κ2) is 13.7. The molecule has 2 aromatic carbocycles. The van der Waals surface area contributed by atoms with E-state index in [1.165, 1.54) is 19.2 Å². The highest BCUT2D eigenvalue weighted by molar-refractivity contribution is 14.1. The van der Waals surface area contributed by atoms with E-state index in [0.29, 0.717) is 34.2 Å². The van der Waals surface area contributed by atoms with Gasteiger partial charge in [-0.1, -0.05) is 42.7 Å². The summed E-state index contributed by atoms with van der Waals surface area (Å²) in [6, 6.07) is 9.63. The van der Waals surface area contributed by atoms with Crippen molar-refractivity contribution in [3.8, 4) is 11.5 Å². The van der Waals surface area contributed by atoms with Gasteiger partial charge in [-0.15, -0.1) is 0 Å². The highest BCUT2D eigenvalue weighted by Crippen LogP contribution is 2.47. The van der Waals surface area contributed by atoms with E-state index in [1.807, 2.05) is 19.1 Å². The van der Waals surface area contributed by atoms with Crippen LogP contribution in [0.4, 0.5) is 5.69 Å². The summed E-state index contributed by atoms with van der Waals surface area (Å²) in [7, 11) is -0.245. The van der Waals surface area contributed by atoms with Crippen molar-refractivity contribution in [1.82, 2.24) is 0 Å². The standard InChI is InChI=1S/C31H37BINO8/c1-4-6-18(12-19-13-24(33)29(37)26(14-19)42-3)9-10-25(36)27-17(2)11-22-28(23(27)16-35)31(39)34(30(22)38)21-8-5-7-20(15-21)32(40)41/h5,7-8,12-15,22-23,25,28,35-37,40-41H,4,6,9-11,16H2,1-3H3/b18-12+/t22-,23+,25-,28-/m1/s1. The zero-order valence-electron chi connectivity index (χ0n) is 24.0. The number of rotatable bonds is 11. The summed E-state index contributed by atoms with van der Waals surface area (Å²) in [6.45, 7) is 3.52. The SMILES string of the molecule is CCC/C(=C\c1cc(I)c(O)c(OC)c1)CC[C@@H](O)C1=C(C)C[C@H]2C(=O)N(c3cccc(B(O)O)c3)C(=O)[C@H]2[C@H]1CO. The molecule has 0 saturated carbocycles. The summed E-state index contributed by atoms with van der Waals surface area (Å²) >= 11 is 2.06. The van der Waals surface area contributed by atoms with Gasteiger partial charge in [0.15, 0.2) is 11.5 Å². The predicted octanol–water partition coefficient (Wildman–Crippen LogP) is 3.14. The minimum Gasteiger partial charge on any atom is -0.504 e. The Bertz CT molecular complexity index is 1410. The Labute approximate surface area is 259 Å². The lowest BCUT2D eigenvalue weighted by atomic mass is 9.68. The number of halogens is 1. The van der Waals surface area contributed by atoms with Gasteiger partial charge in [-0.3, -0.25) is 14.5 Å². The van der Waals surface area contributed by atoms with E-state index in [-0.39, 0.29) is 16.9 Å². The molecule has 9 nitrogen and oxygen atoms in total. The molecule has 4 rings (SSSR count). The molecule has 1 aliphatic heterocycles. The fraction of sp³-hybridized carbons (Fsp3) is 0.419. The molecular formula is C31H37BINO8. The molecule has 1 fully saturated rings. The van der Waals surface area contributed by atoms with Gasteiger partial charge >= 0.3 is 7.12 Å². The molecule has 1 aliphatic carbocycles. The number of phenolic OH excluding ortho intramolecular Hbond substituents is 1. The number of hydrogen-bond donors (Lipinski definition) is 5. The van der Waals surface area contributed by atoms with Gasteiger partial charge in [-0.25, -0.2) is 0 Å². The fourth-order valence-corrected chi connectivity index (χ4v) is 6.96. The number of nitrogens with zero attached hydrogens (tertiary/aromatic N) is 1. The van der Waals surface area contributed by atoms with Crippen LogP contribution in [0.2, 0.25) is 0 Å². The number of aliphatic hydroxyl groups excluding tert-OH is 2. The number of benzene rings is 2. The molecular weight excluding hydrogens is 652 g/mol. The third kappa shape index (κ3) is 6.45. The van der Waals surface area contributed by atoms with E-state index in [1.54, 1.807) is 18.2 Å². The molecule has 2 amide bonds. The van der Waals surface area contributed by atoms with E-state index >= 15 is 0 Å². The second-order valence-corrected chi connectivity index (χ2v) is 12.2. The molecule has 0 spiro atoms. The number of carbonyl (C=O) groups excluding carboxylic acids is 2. The number of carbonyl (C=O) groups is 2. The van der Waals surface area contributed by atoms with Gasteiger partial charge in [-0.05, 0) is 96.1 Å². The number of allylic oxidation sites excluding steroid dienone is 2. The van der Waals surface area contributed by atoms with E-state index in [2.05, 4.69) is 29.5 Å². The molecule has 0 aromatic heterocycles. The maximum absolute atomic E-state index is 13.7. The van der Waals surface area contributed by atoms with Crippen LogP contribution in [0.15, 0.2) is 53.1 Å². The minimum absolute atomic E-state index is 0.0907. The van der Waals surface area contributed by atoms with Crippen LogP contribution in [-0.2, 0) is 9.59 Å². The average Bonchev–Trinajstić information content (AvgIpc) is 3.21. The van der Waals surface area contributed by atoms with E-state index in [9.17, 15) is 35.0 Å². The van der Waals surface area contributed by atoms with Crippen LogP contribution in [0.5, 0.6) is 11.5 Å². The Hall–Kier alpha value is -2.71. The maximum atomic E-state index is 13.7. The smallest absolute Gasteiger partial charge is 0.488 e. The lowest BCUT2D eigenvalue weighted by Gasteiger charge is -2.35. The molecule has 2 aromatic rings. The first-order chi connectivity index (χ1) is 20.0. The number of methoxy groups -OCH3 is 1. The van der Waals surface area contributed by atoms with Crippen molar-refractivity contribution in [2.75, 3.05) is 18.6 Å². The van der Waals surface area contributed by atoms with Crippen LogP contribution in [0.3, 0.4) is 0 Å². The predicted molar refractivity (Wildman–Crippen MR) is 169 cm³/mol. The van der Waals surface area contributed by atoms with Gasteiger partial charge in [0.2, 0.25) is 11.8 Å². The van der Waals surface area contributed by atoms with Gasteiger partial charge in [0.1, 0.15) is 0 Å². The number of phenols is 1. The van der Waals surface area contributed by atoms with Crippen LogP contribution < -0.4 is 15.1 Å². The van der Waals surface area contributed by atoms with Gasteiger partial charge in [0, 0.05) is 5.92 Å². The number of anilines is 1. The summed E-state index contributed by atoms with van der Waals surface area (Å²) in [6.07, 6.45) is 4.08. The third-order valence-electron chi connectivity index (χ3n) is 8.26. The first-order valence-electron chi connectivity index (χ1n) is 14.1. The molecule has 42 heavy (non-hydrogen) atoms. The zero-order chi connectivity index (χ0) is 30.7. The Morgan fingerprint density at radius 1 is 1.19 bits per heavy atom. The number of aromatic hydroxyl groups is 1. The molecule has 1 saturated heterocycles. The zero-order valence-corrected chi connectivity index (χ0v) is 26.1. The Balaban J connectivity index is 1.56. The number of fused-ring (bicyclic) bond motifs is 1. The lowest BCUT2D eigenvalue weighted by molar-refractivity contribution is -0.123. The van der Waals surface area contributed by atoms with Crippen LogP contribution in [-0.4, -0.2) is 64.1 Å². The van der Waals surface area contributed by atoms with Crippen LogP contribution in [0.25, 0.3) is 6.08 Å². The fourth-order valence-electron chi connectivity index (χ4n) is 6.33. The lowest BCUT2D eigenvalue weighted by Crippen LogP contribution is -2.39. The first kappa shape index (κ1) is 32.2. The third-order valence-corrected chi connectivity index (χ3v) is 9.08. The van der Waals surface area contributed by atoms with Crippen molar-refractivity contribution < 1.29 is 39.7 Å². The summed E-state index contributed by atoms with van der Waals surface area (Å²) < 4.78 is 5.96. The maximum Gasteiger partial charge on any atom is 0.488 e. The number of imide groups is 1. The van der Waals surface area contributed by atoms with Crippen molar-refractivity contribution in [2.45, 2.75) is 52.1 Å². The van der Waals surface area contributed by atoms with Gasteiger partial charge in [0.05, 0.1) is 40.9 Å². The largest absolute Gasteiger partial charge is 0.504 e. The van der Waals surface area contributed by atoms with E-state index in [4.69, 9.17) is 4.74 Å². The number of ether oxygens (including phenoxy) is 1. The molecule has 1 heterocycles. The van der Waals surface area contributed by atoms with Crippen LogP contribution in [0.1, 0.15) is 51.5 Å². The Kier molecular flexibility index (Phi) is 10.5. The first-order valence-corrected chi connectivity index (χ1v) is 15.2. The van der Waals surface area contributed by atoms with Crippen molar-refractivity contribution in [1.29, 1.82) is 0 Å². The number of hydrogen-bond acceptors (Lipinski definition) is 8. The molecule has 2 aliphatic rings. The summed E-state index contributed by atoms with van der Waals surface area (Å²) in [5.74, 6) is -2.59. The van der Waals surface area contributed by atoms with Crippen molar-refractivity contribution in [3.05, 3.63) is 62.3 Å². The van der Waals surface area contributed by atoms with Crippen LogP contribution in [0, 0.1) is 21.3 Å². The number of amides is 2. The van der Waals surface area contributed by atoms with Crippen molar-refractivity contribution >= 4 is 58.7 Å². The highest BCUT2D eigenvalue weighted by Gasteiger charge is 2.54. The molecule has 4 atom stereocenters. The molecule has 0 unspecified atom stereocenters. The number of aliphatic hydroxyl groups is 2. The van der Waals surface area contributed by atoms with E-state index < -0.39 is 49.4 Å². The van der Waals surface area contributed by atoms with Crippen molar-refractivity contribution in [2.24, 2.45) is 17.8 Å². The summed E-state index contributed by atoms with van der Waals surface area (Å²) in [5.41, 5.74) is 3.79. The molecule has 11 heteroatoms. The minimum atomic E-state index is -1.75. The van der Waals surface area contributed by atoms with Crippen molar-refractivity contribution in [3.63, 3.8) is 0 Å². The molecule has 0 bridgehead atoms. The van der Waals surface area contributed by atoms with Gasteiger partial charge in [-0.2, -0.15) is 0 Å². The second-order valence-electron chi connectivity index (χ2n) is 11.0. The summed E-state index contributed by atoms with van der Waals surface area (Å²) in [4.78, 5) is 28.2. The van der Waals surface area contributed by atoms with Gasteiger partial charge < -0.3 is 30.1 Å². The van der Waals surface area contributed by atoms with Crippen LogP contribution >= 0.6 is 22.6 Å². The monoisotopic (exact) mass is 689 g/mol.